The Bertz CT molecular complexity index is 900. The summed E-state index contributed by atoms with van der Waals surface area (Å²) in [7, 11) is 1.81. The fourth-order valence-electron chi connectivity index (χ4n) is 3.39. The fourth-order valence-corrected chi connectivity index (χ4v) is 3.39. The summed E-state index contributed by atoms with van der Waals surface area (Å²) in [5, 5.41) is 4.24. The van der Waals surface area contributed by atoms with Gasteiger partial charge in [-0.2, -0.15) is 0 Å². The number of imidazole rings is 1. The molecule has 0 radical (unpaired) electrons. The van der Waals surface area contributed by atoms with E-state index in [1.54, 1.807) is 17.0 Å². The number of hydrogen-bond acceptors (Lipinski definition) is 4. The quantitative estimate of drug-likeness (QED) is 0.791. The molecule has 1 saturated heterocycles. The van der Waals surface area contributed by atoms with E-state index in [1.807, 2.05) is 31.4 Å². The second kappa shape index (κ2) is 6.64. The third-order valence-corrected chi connectivity index (χ3v) is 4.76. The maximum absolute atomic E-state index is 12.4. The Kier molecular flexibility index (Phi) is 4.19. The second-order valence-corrected chi connectivity index (χ2v) is 6.43. The van der Waals surface area contributed by atoms with Gasteiger partial charge in [-0.05, 0) is 24.1 Å². The molecule has 6 heteroatoms. The lowest BCUT2D eigenvalue weighted by Gasteiger charge is -2.19. The van der Waals surface area contributed by atoms with Crippen LogP contribution in [0.2, 0.25) is 0 Å². The van der Waals surface area contributed by atoms with Crippen LogP contribution in [0.4, 0.5) is 0 Å². The summed E-state index contributed by atoms with van der Waals surface area (Å²) in [6, 6.07) is 10.2. The first kappa shape index (κ1) is 15.8. The molecule has 1 N–H and O–H groups in total. The first-order valence-electron chi connectivity index (χ1n) is 8.41. The highest BCUT2D eigenvalue weighted by Gasteiger charge is 2.31. The molecule has 2 atom stereocenters. The molecule has 1 aromatic carbocycles. The number of amides is 1. The lowest BCUT2D eigenvalue weighted by molar-refractivity contribution is 0.0911. The van der Waals surface area contributed by atoms with Gasteiger partial charge in [0.05, 0.1) is 24.8 Å². The van der Waals surface area contributed by atoms with Crippen LogP contribution in [0.25, 0.3) is 10.9 Å². The monoisotopic (exact) mass is 336 g/mol. The number of ether oxygens (including phenoxy) is 1. The lowest BCUT2D eigenvalue weighted by atomic mass is 9.93. The number of fused-ring (bicyclic) bond motifs is 1. The van der Waals surface area contributed by atoms with Crippen LogP contribution in [0.15, 0.2) is 48.9 Å². The molecule has 0 spiro atoms. The predicted molar refractivity (Wildman–Crippen MR) is 94.2 cm³/mol. The molecule has 25 heavy (non-hydrogen) atoms. The SMILES string of the molecule is Cn1ccnc1C(=O)N[C@H]1COC[C@H]1Cc1ccnc2ccccc12. The average Bonchev–Trinajstić information content (AvgIpc) is 3.24. The Morgan fingerprint density at radius 1 is 1.24 bits per heavy atom. The number of benzene rings is 1. The van der Waals surface area contributed by atoms with Crippen molar-refractivity contribution in [3.63, 3.8) is 0 Å². The van der Waals surface area contributed by atoms with Gasteiger partial charge in [-0.1, -0.05) is 18.2 Å². The number of carbonyl (C=O) groups excluding carboxylic acids is 1. The molecule has 128 valence electrons. The van der Waals surface area contributed by atoms with Crippen LogP contribution in [0.5, 0.6) is 0 Å². The van der Waals surface area contributed by atoms with Crippen molar-refractivity contribution < 1.29 is 9.53 Å². The van der Waals surface area contributed by atoms with Gasteiger partial charge in [-0.25, -0.2) is 4.98 Å². The first-order valence-corrected chi connectivity index (χ1v) is 8.41. The predicted octanol–water partition coefficient (Wildman–Crippen LogP) is 1.96. The van der Waals surface area contributed by atoms with E-state index < -0.39 is 0 Å². The standard InChI is InChI=1S/C19H20N4O2/c1-23-9-8-21-18(23)19(24)22-17-12-25-11-14(17)10-13-6-7-20-16-5-3-2-4-15(13)16/h2-9,14,17H,10-12H2,1H3,(H,22,24)/t14-,17+/m1/s1. The van der Waals surface area contributed by atoms with Gasteiger partial charge in [-0.3, -0.25) is 9.78 Å². The minimum absolute atomic E-state index is 0.0175. The summed E-state index contributed by atoms with van der Waals surface area (Å²) in [6.45, 7) is 1.17. The summed E-state index contributed by atoms with van der Waals surface area (Å²) < 4.78 is 7.36. The Labute approximate surface area is 145 Å². The zero-order valence-corrected chi connectivity index (χ0v) is 14.1. The highest BCUT2D eigenvalue weighted by atomic mass is 16.5. The summed E-state index contributed by atoms with van der Waals surface area (Å²) in [5.74, 6) is 0.489. The molecule has 3 heterocycles. The molecule has 6 nitrogen and oxygen atoms in total. The third kappa shape index (κ3) is 3.13. The van der Waals surface area contributed by atoms with Crippen molar-refractivity contribution in [3.8, 4) is 0 Å². The van der Waals surface area contributed by atoms with E-state index in [2.05, 4.69) is 27.4 Å². The first-order chi connectivity index (χ1) is 12.2. The Hall–Kier alpha value is -2.73. The molecule has 1 aliphatic rings. The van der Waals surface area contributed by atoms with E-state index in [0.717, 1.165) is 17.3 Å². The molecule has 1 amide bonds. The van der Waals surface area contributed by atoms with Gasteiger partial charge >= 0.3 is 0 Å². The number of para-hydroxylation sites is 1. The van der Waals surface area contributed by atoms with Crippen molar-refractivity contribution in [3.05, 3.63) is 60.3 Å². The second-order valence-electron chi connectivity index (χ2n) is 6.43. The van der Waals surface area contributed by atoms with Crippen LogP contribution in [0, 0.1) is 5.92 Å². The number of nitrogens with one attached hydrogen (secondary N) is 1. The Balaban J connectivity index is 1.52. The van der Waals surface area contributed by atoms with E-state index in [0.29, 0.717) is 19.0 Å². The largest absolute Gasteiger partial charge is 0.379 e. The highest BCUT2D eigenvalue weighted by Crippen LogP contribution is 2.24. The van der Waals surface area contributed by atoms with Crippen LogP contribution < -0.4 is 5.32 Å². The molecule has 1 fully saturated rings. The Morgan fingerprint density at radius 2 is 2.12 bits per heavy atom. The zero-order chi connectivity index (χ0) is 17.2. The molecule has 0 unspecified atom stereocenters. The van der Waals surface area contributed by atoms with Crippen LogP contribution in [-0.2, 0) is 18.2 Å². The Morgan fingerprint density at radius 3 is 2.96 bits per heavy atom. The molecule has 2 aromatic heterocycles. The molecule has 4 rings (SSSR count). The molecule has 3 aromatic rings. The fraction of sp³-hybridized carbons (Fsp3) is 0.316. The maximum atomic E-state index is 12.4. The number of aryl methyl sites for hydroxylation is 1. The van der Waals surface area contributed by atoms with Crippen molar-refractivity contribution in [2.75, 3.05) is 13.2 Å². The average molecular weight is 336 g/mol. The molecule has 1 aliphatic heterocycles. The third-order valence-electron chi connectivity index (χ3n) is 4.76. The summed E-state index contributed by atoms with van der Waals surface area (Å²) in [5.41, 5.74) is 2.23. The van der Waals surface area contributed by atoms with Crippen molar-refractivity contribution in [1.82, 2.24) is 19.9 Å². The van der Waals surface area contributed by atoms with Crippen molar-refractivity contribution >= 4 is 16.8 Å². The number of rotatable bonds is 4. The number of pyridine rings is 1. The van der Waals surface area contributed by atoms with Gasteiger partial charge in [0, 0.05) is 36.9 Å². The maximum Gasteiger partial charge on any atom is 0.287 e. The molecular formula is C19H20N4O2. The highest BCUT2D eigenvalue weighted by molar-refractivity contribution is 5.91. The minimum atomic E-state index is -0.160. The summed E-state index contributed by atoms with van der Waals surface area (Å²) in [4.78, 5) is 21.0. The van der Waals surface area contributed by atoms with Crippen molar-refractivity contribution in [1.29, 1.82) is 0 Å². The smallest absolute Gasteiger partial charge is 0.287 e. The number of hydrogen-bond donors (Lipinski definition) is 1. The van der Waals surface area contributed by atoms with Gasteiger partial charge < -0.3 is 14.6 Å². The number of aromatic nitrogens is 3. The number of carbonyl (C=O) groups is 1. The minimum Gasteiger partial charge on any atom is -0.379 e. The zero-order valence-electron chi connectivity index (χ0n) is 14.1. The summed E-state index contributed by atoms with van der Waals surface area (Å²) in [6.07, 6.45) is 6.07. The van der Waals surface area contributed by atoms with Gasteiger partial charge in [-0.15, -0.1) is 0 Å². The van der Waals surface area contributed by atoms with Crippen LogP contribution in [0.1, 0.15) is 16.2 Å². The van der Waals surface area contributed by atoms with E-state index in [-0.39, 0.29) is 17.9 Å². The van der Waals surface area contributed by atoms with Gasteiger partial charge in [0.2, 0.25) is 0 Å². The van der Waals surface area contributed by atoms with Gasteiger partial charge in [0.1, 0.15) is 0 Å². The molecule has 0 bridgehead atoms. The van der Waals surface area contributed by atoms with E-state index >= 15 is 0 Å². The van der Waals surface area contributed by atoms with Gasteiger partial charge in [0.15, 0.2) is 5.82 Å². The topological polar surface area (TPSA) is 69.0 Å². The molecular weight excluding hydrogens is 316 g/mol. The van der Waals surface area contributed by atoms with Gasteiger partial charge in [0.25, 0.3) is 5.91 Å². The molecule has 0 aliphatic carbocycles. The van der Waals surface area contributed by atoms with Crippen molar-refractivity contribution in [2.45, 2.75) is 12.5 Å². The van der Waals surface area contributed by atoms with Crippen LogP contribution in [0.3, 0.4) is 0 Å². The van der Waals surface area contributed by atoms with E-state index in [1.165, 1.54) is 5.56 Å². The molecule has 0 saturated carbocycles. The van der Waals surface area contributed by atoms with Crippen LogP contribution >= 0.6 is 0 Å². The number of nitrogens with zero attached hydrogens (tertiary/aromatic N) is 3. The van der Waals surface area contributed by atoms with Crippen LogP contribution in [-0.4, -0.2) is 39.7 Å². The van der Waals surface area contributed by atoms with E-state index in [9.17, 15) is 4.79 Å². The van der Waals surface area contributed by atoms with Crippen molar-refractivity contribution in [2.24, 2.45) is 13.0 Å². The summed E-state index contributed by atoms with van der Waals surface area (Å²) >= 11 is 0. The lowest BCUT2D eigenvalue weighted by Crippen LogP contribution is -2.41. The normalized spacial score (nSPS) is 20.0. The van der Waals surface area contributed by atoms with E-state index in [4.69, 9.17) is 4.74 Å².